The van der Waals surface area contributed by atoms with Crippen molar-refractivity contribution in [3.05, 3.63) is 59.7 Å². The SMILES string of the molecule is CC(C)CCN(CC(=O)Nc1ccc(C(N)=O)cc1)S(=O)(=O)c1cccc(C(F)(F)F)c1. The summed E-state index contributed by atoms with van der Waals surface area (Å²) in [7, 11) is -4.37. The third-order valence-electron chi connectivity index (χ3n) is 4.53. The van der Waals surface area contributed by atoms with E-state index in [0.717, 1.165) is 22.5 Å². The van der Waals surface area contributed by atoms with E-state index in [2.05, 4.69) is 5.32 Å². The zero-order chi connectivity index (χ0) is 24.1. The average molecular weight is 472 g/mol. The molecular formula is C21H24F3N3O4S. The molecule has 0 aromatic heterocycles. The zero-order valence-electron chi connectivity index (χ0n) is 17.5. The minimum atomic E-state index is -4.71. The van der Waals surface area contributed by atoms with E-state index in [1.165, 1.54) is 24.3 Å². The monoisotopic (exact) mass is 471 g/mol. The fourth-order valence-corrected chi connectivity index (χ4v) is 4.20. The van der Waals surface area contributed by atoms with E-state index in [1.807, 2.05) is 13.8 Å². The summed E-state index contributed by atoms with van der Waals surface area (Å²) < 4.78 is 66.1. The summed E-state index contributed by atoms with van der Waals surface area (Å²) in [6.45, 7) is 3.07. The lowest BCUT2D eigenvalue weighted by atomic mass is 10.1. The highest BCUT2D eigenvalue weighted by molar-refractivity contribution is 7.89. The van der Waals surface area contributed by atoms with Gasteiger partial charge in [-0.1, -0.05) is 19.9 Å². The van der Waals surface area contributed by atoms with Crippen molar-refractivity contribution in [3.8, 4) is 0 Å². The molecule has 2 rings (SSSR count). The standard InChI is InChI=1S/C21H24F3N3O4S/c1-14(2)10-11-27(13-19(28)26-17-8-6-15(7-9-17)20(25)29)32(30,31)18-5-3-4-16(12-18)21(22,23)24/h3-9,12,14H,10-11,13H2,1-2H3,(H2,25,29)(H,26,28). The van der Waals surface area contributed by atoms with Gasteiger partial charge in [0, 0.05) is 17.8 Å². The maximum Gasteiger partial charge on any atom is 0.416 e. The summed E-state index contributed by atoms with van der Waals surface area (Å²) >= 11 is 0. The molecule has 0 bridgehead atoms. The first-order valence-corrected chi connectivity index (χ1v) is 11.1. The smallest absolute Gasteiger partial charge is 0.366 e. The second kappa shape index (κ2) is 10.1. The van der Waals surface area contributed by atoms with Crippen molar-refractivity contribution in [1.29, 1.82) is 0 Å². The Labute approximate surface area is 184 Å². The molecule has 2 amide bonds. The first-order chi connectivity index (χ1) is 14.8. The molecule has 0 radical (unpaired) electrons. The molecule has 0 saturated carbocycles. The number of amides is 2. The summed E-state index contributed by atoms with van der Waals surface area (Å²) in [4.78, 5) is 23.1. The molecule has 32 heavy (non-hydrogen) atoms. The van der Waals surface area contributed by atoms with E-state index >= 15 is 0 Å². The van der Waals surface area contributed by atoms with Crippen molar-refractivity contribution in [3.63, 3.8) is 0 Å². The molecule has 0 saturated heterocycles. The summed E-state index contributed by atoms with van der Waals surface area (Å²) in [5, 5.41) is 2.51. The number of sulfonamides is 1. The molecule has 3 N–H and O–H groups in total. The predicted octanol–water partition coefficient (Wildman–Crippen LogP) is 3.48. The van der Waals surface area contributed by atoms with Crippen LogP contribution in [-0.2, 0) is 21.0 Å². The lowest BCUT2D eigenvalue weighted by Crippen LogP contribution is -2.39. The molecule has 0 aliphatic rings. The number of carbonyl (C=O) groups excluding carboxylic acids is 2. The molecule has 0 aliphatic heterocycles. The van der Waals surface area contributed by atoms with E-state index in [9.17, 15) is 31.2 Å². The molecule has 0 atom stereocenters. The van der Waals surface area contributed by atoms with Gasteiger partial charge in [-0.3, -0.25) is 9.59 Å². The number of rotatable bonds is 9. The molecule has 0 unspecified atom stereocenters. The highest BCUT2D eigenvalue weighted by atomic mass is 32.2. The van der Waals surface area contributed by atoms with Crippen LogP contribution in [0.3, 0.4) is 0 Å². The van der Waals surface area contributed by atoms with E-state index in [-0.39, 0.29) is 18.0 Å². The van der Waals surface area contributed by atoms with Gasteiger partial charge < -0.3 is 11.1 Å². The molecule has 7 nitrogen and oxygen atoms in total. The molecule has 2 aromatic carbocycles. The van der Waals surface area contributed by atoms with Gasteiger partial charge >= 0.3 is 6.18 Å². The van der Waals surface area contributed by atoms with Gasteiger partial charge in [0.2, 0.25) is 21.8 Å². The second-order valence-electron chi connectivity index (χ2n) is 7.54. The third kappa shape index (κ3) is 6.79. The van der Waals surface area contributed by atoms with Gasteiger partial charge in [-0.2, -0.15) is 17.5 Å². The van der Waals surface area contributed by atoms with Gasteiger partial charge in [0.1, 0.15) is 0 Å². The van der Waals surface area contributed by atoms with E-state index in [0.29, 0.717) is 18.2 Å². The predicted molar refractivity (Wildman–Crippen MR) is 113 cm³/mol. The first kappa shape index (κ1) is 25.3. The Bertz CT molecular complexity index is 1070. The number of nitrogens with zero attached hydrogens (tertiary/aromatic N) is 1. The first-order valence-electron chi connectivity index (χ1n) is 9.68. The Morgan fingerprint density at radius 3 is 2.25 bits per heavy atom. The number of benzene rings is 2. The maximum atomic E-state index is 13.1. The normalized spacial score (nSPS) is 12.2. The Morgan fingerprint density at radius 1 is 1.09 bits per heavy atom. The lowest BCUT2D eigenvalue weighted by molar-refractivity contribution is -0.137. The average Bonchev–Trinajstić information content (AvgIpc) is 2.70. The summed E-state index contributed by atoms with van der Waals surface area (Å²) in [6.07, 6.45) is -4.30. The molecule has 0 fully saturated rings. The Morgan fingerprint density at radius 2 is 1.72 bits per heavy atom. The van der Waals surface area contributed by atoms with Gasteiger partial charge in [-0.25, -0.2) is 8.42 Å². The molecular weight excluding hydrogens is 447 g/mol. The van der Waals surface area contributed by atoms with Crippen molar-refractivity contribution in [2.24, 2.45) is 11.7 Å². The molecule has 11 heteroatoms. The summed E-state index contributed by atoms with van der Waals surface area (Å²) in [5.74, 6) is -1.23. The van der Waals surface area contributed by atoms with E-state index < -0.39 is 45.0 Å². The van der Waals surface area contributed by atoms with Crippen LogP contribution in [0.5, 0.6) is 0 Å². The van der Waals surface area contributed by atoms with Crippen LogP contribution < -0.4 is 11.1 Å². The quantitative estimate of drug-likeness (QED) is 0.583. The fourth-order valence-electron chi connectivity index (χ4n) is 2.75. The van der Waals surface area contributed by atoms with Crippen molar-refractivity contribution < 1.29 is 31.2 Å². The van der Waals surface area contributed by atoms with Crippen LogP contribution in [0.25, 0.3) is 0 Å². The number of primary amides is 1. The highest BCUT2D eigenvalue weighted by Crippen LogP contribution is 2.31. The second-order valence-corrected chi connectivity index (χ2v) is 9.47. The van der Waals surface area contributed by atoms with Crippen molar-refractivity contribution >= 4 is 27.5 Å². The van der Waals surface area contributed by atoms with Crippen molar-refractivity contribution in [2.45, 2.75) is 31.3 Å². The summed E-state index contributed by atoms with van der Waals surface area (Å²) in [6, 6.07) is 9.05. The van der Waals surface area contributed by atoms with Crippen LogP contribution in [0.4, 0.5) is 18.9 Å². The molecule has 2 aromatic rings. The van der Waals surface area contributed by atoms with Gasteiger partial charge in [-0.15, -0.1) is 0 Å². The number of carbonyl (C=O) groups is 2. The van der Waals surface area contributed by atoms with Crippen LogP contribution in [0.15, 0.2) is 53.4 Å². The van der Waals surface area contributed by atoms with Crippen LogP contribution in [0.2, 0.25) is 0 Å². The fraction of sp³-hybridized carbons (Fsp3) is 0.333. The number of nitrogens with one attached hydrogen (secondary N) is 1. The van der Waals surface area contributed by atoms with Crippen LogP contribution in [0.1, 0.15) is 36.2 Å². The summed E-state index contributed by atoms with van der Waals surface area (Å²) in [5.41, 5.74) is 4.60. The third-order valence-corrected chi connectivity index (χ3v) is 6.37. The van der Waals surface area contributed by atoms with E-state index in [1.54, 1.807) is 0 Å². The van der Waals surface area contributed by atoms with Gasteiger partial charge in [0.15, 0.2) is 0 Å². The maximum absolute atomic E-state index is 13.1. The number of halogens is 3. The largest absolute Gasteiger partial charge is 0.416 e. The minimum Gasteiger partial charge on any atom is -0.366 e. The number of hydrogen-bond acceptors (Lipinski definition) is 4. The number of alkyl halides is 3. The number of anilines is 1. The molecule has 174 valence electrons. The van der Waals surface area contributed by atoms with Crippen LogP contribution in [0, 0.1) is 5.92 Å². The van der Waals surface area contributed by atoms with Crippen LogP contribution in [-0.4, -0.2) is 37.6 Å². The van der Waals surface area contributed by atoms with Gasteiger partial charge in [-0.05, 0) is 54.8 Å². The number of hydrogen-bond donors (Lipinski definition) is 2. The van der Waals surface area contributed by atoms with Gasteiger partial charge in [0.25, 0.3) is 0 Å². The van der Waals surface area contributed by atoms with Crippen molar-refractivity contribution in [2.75, 3.05) is 18.4 Å². The zero-order valence-corrected chi connectivity index (χ0v) is 18.3. The highest BCUT2D eigenvalue weighted by Gasteiger charge is 2.33. The van der Waals surface area contributed by atoms with E-state index in [4.69, 9.17) is 5.73 Å². The topological polar surface area (TPSA) is 110 Å². The van der Waals surface area contributed by atoms with Crippen LogP contribution >= 0.6 is 0 Å². The minimum absolute atomic E-state index is 0.0513. The lowest BCUT2D eigenvalue weighted by Gasteiger charge is -2.23. The van der Waals surface area contributed by atoms with Gasteiger partial charge in [0.05, 0.1) is 17.0 Å². The number of nitrogens with two attached hydrogens (primary N) is 1. The Balaban J connectivity index is 2.26. The van der Waals surface area contributed by atoms with Crippen molar-refractivity contribution in [1.82, 2.24) is 4.31 Å². The Kier molecular flexibility index (Phi) is 8.02. The Hall–Kier alpha value is -2.92. The molecule has 0 spiro atoms. The molecule has 0 aliphatic carbocycles. The molecule has 0 heterocycles.